The predicted octanol–water partition coefficient (Wildman–Crippen LogP) is -2.06. The molecule has 0 aromatic heterocycles. The Hall–Kier alpha value is 0.331. The molecule has 0 aliphatic heterocycles. The maximum Gasteiger partial charge on any atom is 3.00 e. The van der Waals surface area contributed by atoms with Gasteiger partial charge in [-0.1, -0.05) is 19.7 Å². The molecule has 0 heterocycles. The van der Waals surface area contributed by atoms with Crippen LogP contribution in [-0.2, 0) is 14.4 Å². The third-order valence-electron chi connectivity index (χ3n) is 1.05. The van der Waals surface area contributed by atoms with Gasteiger partial charge in [0.2, 0.25) is 0 Å². The van der Waals surface area contributed by atoms with E-state index in [1.807, 2.05) is 0 Å². The minimum Gasteiger partial charge on any atom is -0.545 e. The topological polar surface area (TPSA) is 120 Å². The van der Waals surface area contributed by atoms with E-state index < -0.39 is 17.9 Å². The fourth-order valence-electron chi connectivity index (χ4n) is 0. The maximum atomic E-state index is 9.49. The zero-order valence-corrected chi connectivity index (χ0v) is 18.0. The Bertz CT molecular complexity index is 281. The molecule has 0 aromatic carbocycles. The van der Waals surface area contributed by atoms with Crippen LogP contribution in [0.15, 0.2) is 36.5 Å². The van der Waals surface area contributed by atoms with Gasteiger partial charge in [0.25, 0.3) is 0 Å². The van der Waals surface area contributed by atoms with Gasteiger partial charge < -0.3 is 29.7 Å². The molecule has 0 spiro atoms. The first kappa shape index (κ1) is 32.3. The van der Waals surface area contributed by atoms with Crippen molar-refractivity contribution >= 4 is 17.9 Å². The molecule has 0 fully saturated rings. The normalized spacial score (nSPS) is 6.75. The summed E-state index contributed by atoms with van der Waals surface area (Å²) >= 11 is 0. The summed E-state index contributed by atoms with van der Waals surface area (Å²) in [5.41, 5.74) is 0.194. The molecule has 0 bridgehead atoms. The SMILES string of the molecule is C=C(C)C(=O)[O-].C=C(C)C(=O)[O-].C=C(C)C(=O)[O-].[Nd+3].[Nd]. The summed E-state index contributed by atoms with van der Waals surface area (Å²) in [4.78, 5) is 28.5. The predicted molar refractivity (Wildman–Crippen MR) is 59.5 cm³/mol. The van der Waals surface area contributed by atoms with Crippen LogP contribution in [0.3, 0.4) is 0 Å². The zero-order valence-electron chi connectivity index (χ0n) is 11.6. The number of carbonyl (C=O) groups excluding carboxylic acids is 3. The first-order valence-electron chi connectivity index (χ1n) is 4.54. The van der Waals surface area contributed by atoms with Crippen molar-refractivity contribution in [3.05, 3.63) is 36.5 Å². The number of hydrogen-bond donors (Lipinski definition) is 0. The summed E-state index contributed by atoms with van der Waals surface area (Å²) in [5, 5.41) is 28.5. The Morgan fingerprint density at radius 2 is 0.700 bits per heavy atom. The second kappa shape index (κ2) is 19.3. The molecule has 0 saturated carbocycles. The van der Waals surface area contributed by atoms with E-state index in [9.17, 15) is 29.7 Å². The van der Waals surface area contributed by atoms with Gasteiger partial charge in [0.05, 0.1) is 17.9 Å². The summed E-state index contributed by atoms with van der Waals surface area (Å²) in [5.74, 6) is -3.56. The second-order valence-corrected chi connectivity index (χ2v) is 3.20. The minimum atomic E-state index is -1.19. The van der Waals surface area contributed by atoms with Gasteiger partial charge in [-0.2, -0.15) is 0 Å². The molecular weight excluding hydrogens is 529 g/mol. The second-order valence-electron chi connectivity index (χ2n) is 3.20. The third-order valence-corrected chi connectivity index (χ3v) is 1.05. The van der Waals surface area contributed by atoms with Crippen LogP contribution in [0.5, 0.6) is 0 Å². The summed E-state index contributed by atoms with van der Waals surface area (Å²) < 4.78 is 0. The van der Waals surface area contributed by atoms with E-state index in [2.05, 4.69) is 19.7 Å². The molecule has 0 N–H and O–H groups in total. The number of carbonyl (C=O) groups is 3. The van der Waals surface area contributed by atoms with E-state index in [0.717, 1.165) is 0 Å². The van der Waals surface area contributed by atoms with E-state index in [0.29, 0.717) is 0 Å². The molecule has 20 heavy (non-hydrogen) atoms. The number of carboxylic acid groups (broad SMARTS) is 3. The van der Waals surface area contributed by atoms with Crippen LogP contribution in [0.25, 0.3) is 0 Å². The monoisotopic (exact) mass is 539 g/mol. The number of carboxylic acids is 3. The quantitative estimate of drug-likeness (QED) is 0.378. The number of rotatable bonds is 3. The van der Waals surface area contributed by atoms with Gasteiger partial charge in [0, 0.05) is 40.8 Å². The van der Waals surface area contributed by atoms with Crippen LogP contribution in [0, 0.1) is 81.7 Å². The van der Waals surface area contributed by atoms with Crippen molar-refractivity contribution in [2.24, 2.45) is 0 Å². The van der Waals surface area contributed by atoms with Crippen LogP contribution in [0.1, 0.15) is 20.8 Å². The van der Waals surface area contributed by atoms with Crippen LogP contribution in [-0.4, -0.2) is 17.9 Å². The van der Waals surface area contributed by atoms with Crippen LogP contribution < -0.4 is 15.3 Å². The van der Waals surface area contributed by atoms with Gasteiger partial charge in [0.1, 0.15) is 0 Å². The number of hydrogen-bond acceptors (Lipinski definition) is 6. The van der Waals surface area contributed by atoms with Gasteiger partial charge in [-0.3, -0.25) is 0 Å². The Labute approximate surface area is 184 Å². The van der Waals surface area contributed by atoms with Gasteiger partial charge in [-0.25, -0.2) is 0 Å². The average molecular weight is 544 g/mol. The van der Waals surface area contributed by atoms with Crippen molar-refractivity contribution in [2.75, 3.05) is 0 Å². The van der Waals surface area contributed by atoms with Crippen molar-refractivity contribution in [1.29, 1.82) is 0 Å². The largest absolute Gasteiger partial charge is 3.00 e. The standard InChI is InChI=1S/3C4H6O2.2Nd/c3*1-3(2)4(5)6;;/h3*1H2,2H3,(H,5,6);;/q;;;;+3/p-3. The van der Waals surface area contributed by atoms with Crippen molar-refractivity contribution in [1.82, 2.24) is 0 Å². The van der Waals surface area contributed by atoms with Crippen molar-refractivity contribution in [3.63, 3.8) is 0 Å². The van der Waals surface area contributed by atoms with Crippen LogP contribution >= 0.6 is 0 Å². The van der Waals surface area contributed by atoms with Crippen molar-refractivity contribution < 1.29 is 111 Å². The summed E-state index contributed by atoms with van der Waals surface area (Å²) in [6.07, 6.45) is 0. The fourth-order valence-corrected chi connectivity index (χ4v) is 0. The van der Waals surface area contributed by atoms with Crippen molar-refractivity contribution in [3.8, 4) is 0 Å². The molecule has 0 atom stereocenters. The summed E-state index contributed by atoms with van der Waals surface area (Å²) in [6.45, 7) is 13.4. The molecular formula is C12H15Nd2O6. The fraction of sp³-hybridized carbons (Fsp3) is 0.250. The first-order valence-corrected chi connectivity index (χ1v) is 4.54. The first-order chi connectivity index (χ1) is 7.93. The molecule has 0 saturated heterocycles. The van der Waals surface area contributed by atoms with Gasteiger partial charge in [0.15, 0.2) is 0 Å². The van der Waals surface area contributed by atoms with Crippen LogP contribution in [0.2, 0.25) is 0 Å². The number of aliphatic carboxylic acids is 3. The summed E-state index contributed by atoms with van der Waals surface area (Å²) in [7, 11) is 0. The van der Waals surface area contributed by atoms with E-state index in [-0.39, 0.29) is 98.4 Å². The van der Waals surface area contributed by atoms with E-state index in [4.69, 9.17) is 0 Å². The Balaban J connectivity index is -0.0000000536. The molecule has 0 aromatic rings. The molecule has 0 rings (SSSR count). The Morgan fingerprint density at radius 3 is 0.700 bits per heavy atom. The van der Waals surface area contributed by atoms with Gasteiger partial charge in [-0.15, -0.1) is 0 Å². The van der Waals surface area contributed by atoms with E-state index in [1.165, 1.54) is 20.8 Å². The Morgan fingerprint density at radius 1 is 0.650 bits per heavy atom. The molecule has 1 radical (unpaired) electrons. The average Bonchev–Trinajstić information content (AvgIpc) is 2.18. The smallest absolute Gasteiger partial charge is 0.545 e. The summed E-state index contributed by atoms with van der Waals surface area (Å²) in [6, 6.07) is 0. The molecule has 0 aliphatic rings. The van der Waals surface area contributed by atoms with E-state index >= 15 is 0 Å². The minimum absolute atomic E-state index is 0. The van der Waals surface area contributed by atoms with Crippen molar-refractivity contribution in [2.45, 2.75) is 20.8 Å². The molecule has 6 nitrogen and oxygen atoms in total. The molecule has 107 valence electrons. The zero-order chi connectivity index (χ0) is 15.5. The van der Waals surface area contributed by atoms with Gasteiger partial charge in [-0.05, 0) is 37.5 Å². The molecule has 0 aliphatic carbocycles. The molecule has 8 heteroatoms. The van der Waals surface area contributed by atoms with E-state index in [1.54, 1.807) is 0 Å². The third kappa shape index (κ3) is 36.2. The molecule has 0 amide bonds. The Kier molecular flexibility index (Phi) is 31.2. The van der Waals surface area contributed by atoms with Crippen LogP contribution in [0.4, 0.5) is 0 Å². The maximum absolute atomic E-state index is 9.49. The molecule has 0 unspecified atom stereocenters. The van der Waals surface area contributed by atoms with Gasteiger partial charge >= 0.3 is 40.8 Å².